The first-order valence-electron chi connectivity index (χ1n) is 7.60. The minimum atomic E-state index is -0.217. The van der Waals surface area contributed by atoms with Crippen LogP contribution >= 0.6 is 0 Å². The molecule has 21 heavy (non-hydrogen) atoms. The molecule has 0 saturated carbocycles. The minimum absolute atomic E-state index is 0.0673. The van der Waals surface area contributed by atoms with Crippen molar-refractivity contribution in [3.05, 3.63) is 29.3 Å². The minimum Gasteiger partial charge on any atom is -0.492 e. The van der Waals surface area contributed by atoms with Gasteiger partial charge in [0.05, 0.1) is 18.3 Å². The van der Waals surface area contributed by atoms with Gasteiger partial charge in [-0.15, -0.1) is 0 Å². The number of aliphatic hydroxyl groups excluding tert-OH is 1. The van der Waals surface area contributed by atoms with Crippen molar-refractivity contribution in [2.24, 2.45) is 0 Å². The first-order chi connectivity index (χ1) is 9.88. The van der Waals surface area contributed by atoms with Crippen LogP contribution in [0.3, 0.4) is 0 Å². The van der Waals surface area contributed by atoms with E-state index in [0.717, 1.165) is 25.4 Å². The van der Waals surface area contributed by atoms with Crippen LogP contribution in [0.15, 0.2) is 18.2 Å². The Morgan fingerprint density at radius 3 is 2.57 bits per heavy atom. The second kappa shape index (κ2) is 6.77. The van der Waals surface area contributed by atoms with Crippen molar-refractivity contribution in [2.75, 3.05) is 32.8 Å². The van der Waals surface area contributed by atoms with Gasteiger partial charge in [0, 0.05) is 19.6 Å². The van der Waals surface area contributed by atoms with E-state index in [2.05, 4.69) is 50.8 Å². The first kappa shape index (κ1) is 16.3. The number of aryl methyl sites for hydroxylation is 2. The molecule has 1 atom stereocenters. The molecule has 2 rings (SSSR count). The van der Waals surface area contributed by atoms with Crippen molar-refractivity contribution < 1.29 is 14.6 Å². The smallest absolute Gasteiger partial charge is 0.119 e. The van der Waals surface area contributed by atoms with E-state index in [4.69, 9.17) is 9.47 Å². The third kappa shape index (κ3) is 4.99. The topological polar surface area (TPSA) is 41.9 Å². The zero-order valence-corrected chi connectivity index (χ0v) is 13.6. The Bertz CT molecular complexity index is 453. The van der Waals surface area contributed by atoms with E-state index < -0.39 is 0 Å². The average Bonchev–Trinajstić information content (AvgIpc) is 2.35. The molecule has 0 aliphatic carbocycles. The molecule has 0 radical (unpaired) electrons. The Morgan fingerprint density at radius 1 is 1.29 bits per heavy atom. The highest BCUT2D eigenvalue weighted by molar-refractivity contribution is 5.32. The maximum Gasteiger partial charge on any atom is 0.119 e. The molecule has 1 fully saturated rings. The molecule has 0 amide bonds. The summed E-state index contributed by atoms with van der Waals surface area (Å²) in [7, 11) is 0. The molecule has 0 aromatic heterocycles. The van der Waals surface area contributed by atoms with Gasteiger partial charge in [0.15, 0.2) is 0 Å². The van der Waals surface area contributed by atoms with Crippen molar-refractivity contribution in [1.82, 2.24) is 4.90 Å². The number of hydrogen-bond donors (Lipinski definition) is 1. The zero-order valence-electron chi connectivity index (χ0n) is 13.6. The normalized spacial score (nSPS) is 22.2. The molecular formula is C17H27NO3. The molecule has 1 aromatic rings. The van der Waals surface area contributed by atoms with E-state index >= 15 is 0 Å². The van der Waals surface area contributed by atoms with Crippen LogP contribution in [-0.4, -0.2) is 54.6 Å². The Hall–Kier alpha value is -1.10. The van der Waals surface area contributed by atoms with Gasteiger partial charge in [0.2, 0.25) is 0 Å². The fourth-order valence-electron chi connectivity index (χ4n) is 2.99. The number of rotatable bonds is 5. The molecule has 1 saturated heterocycles. The first-order valence-corrected chi connectivity index (χ1v) is 7.60. The van der Waals surface area contributed by atoms with Gasteiger partial charge in [-0.3, -0.25) is 4.90 Å². The van der Waals surface area contributed by atoms with Crippen LogP contribution in [0.2, 0.25) is 0 Å². The summed E-state index contributed by atoms with van der Waals surface area (Å²) >= 11 is 0. The van der Waals surface area contributed by atoms with Crippen LogP contribution in [-0.2, 0) is 4.74 Å². The Labute approximate surface area is 127 Å². The lowest BCUT2D eigenvalue weighted by Gasteiger charge is -2.42. The third-order valence-electron chi connectivity index (χ3n) is 3.63. The van der Waals surface area contributed by atoms with Gasteiger partial charge in [-0.2, -0.15) is 0 Å². The number of benzene rings is 1. The molecule has 118 valence electrons. The summed E-state index contributed by atoms with van der Waals surface area (Å²) < 4.78 is 11.7. The third-order valence-corrected chi connectivity index (χ3v) is 3.63. The second-order valence-electron chi connectivity index (χ2n) is 6.59. The zero-order chi connectivity index (χ0) is 15.5. The average molecular weight is 293 g/mol. The maximum atomic E-state index is 9.32. The molecular weight excluding hydrogens is 266 g/mol. The number of ether oxygens (including phenoxy) is 2. The number of hydrogen-bond acceptors (Lipinski definition) is 4. The fraction of sp³-hybridized carbons (Fsp3) is 0.647. The van der Waals surface area contributed by atoms with E-state index in [1.54, 1.807) is 0 Å². The molecule has 1 aromatic carbocycles. The lowest BCUT2D eigenvalue weighted by atomic mass is 10.1. The lowest BCUT2D eigenvalue weighted by Crippen LogP contribution is -2.54. The quantitative estimate of drug-likeness (QED) is 0.903. The molecule has 1 heterocycles. The van der Waals surface area contributed by atoms with Crippen LogP contribution < -0.4 is 4.74 Å². The number of morpholine rings is 1. The standard InChI is InChI=1S/C17H27NO3/c1-13-7-14(2)9-15(8-13)20-6-5-18-10-16(11-19)21-17(3,4)12-18/h7-9,16,19H,5-6,10-12H2,1-4H3. The van der Waals surface area contributed by atoms with E-state index in [1.807, 2.05) is 0 Å². The molecule has 1 aliphatic heterocycles. The predicted molar refractivity (Wildman–Crippen MR) is 83.9 cm³/mol. The van der Waals surface area contributed by atoms with E-state index in [0.29, 0.717) is 6.61 Å². The highest BCUT2D eigenvalue weighted by Gasteiger charge is 2.32. The largest absolute Gasteiger partial charge is 0.492 e. The van der Waals surface area contributed by atoms with Crippen LogP contribution in [0.25, 0.3) is 0 Å². The number of aliphatic hydroxyl groups is 1. The maximum absolute atomic E-state index is 9.32. The summed E-state index contributed by atoms with van der Waals surface area (Å²) in [6, 6.07) is 6.27. The fourth-order valence-corrected chi connectivity index (χ4v) is 2.99. The Kier molecular flexibility index (Phi) is 5.25. The molecule has 1 unspecified atom stereocenters. The summed E-state index contributed by atoms with van der Waals surface area (Å²) in [4.78, 5) is 2.30. The van der Waals surface area contributed by atoms with Crippen LogP contribution in [0.1, 0.15) is 25.0 Å². The summed E-state index contributed by atoms with van der Waals surface area (Å²) in [6.07, 6.45) is -0.102. The summed E-state index contributed by atoms with van der Waals surface area (Å²) in [5.41, 5.74) is 2.22. The van der Waals surface area contributed by atoms with Gasteiger partial charge in [-0.1, -0.05) is 6.07 Å². The molecule has 1 N–H and O–H groups in total. The van der Waals surface area contributed by atoms with Crippen LogP contribution in [0, 0.1) is 13.8 Å². The summed E-state index contributed by atoms with van der Waals surface area (Å²) in [5, 5.41) is 9.32. The monoisotopic (exact) mass is 293 g/mol. The molecule has 4 heteroatoms. The number of nitrogens with zero attached hydrogens (tertiary/aromatic N) is 1. The van der Waals surface area contributed by atoms with Crippen LogP contribution in [0.5, 0.6) is 5.75 Å². The summed E-state index contributed by atoms with van der Waals surface area (Å²) in [5.74, 6) is 0.929. The van der Waals surface area contributed by atoms with Crippen LogP contribution in [0.4, 0.5) is 0 Å². The van der Waals surface area contributed by atoms with Gasteiger partial charge in [-0.05, 0) is 51.0 Å². The molecule has 0 spiro atoms. The predicted octanol–water partition coefficient (Wildman–Crippen LogP) is 2.15. The molecule has 0 bridgehead atoms. The Balaban J connectivity index is 1.85. The van der Waals surface area contributed by atoms with Gasteiger partial charge in [0.25, 0.3) is 0 Å². The second-order valence-corrected chi connectivity index (χ2v) is 6.59. The lowest BCUT2D eigenvalue weighted by molar-refractivity contribution is -0.149. The van der Waals surface area contributed by atoms with E-state index in [1.165, 1.54) is 11.1 Å². The van der Waals surface area contributed by atoms with Crippen molar-refractivity contribution in [3.8, 4) is 5.75 Å². The molecule has 4 nitrogen and oxygen atoms in total. The van der Waals surface area contributed by atoms with Crippen molar-refractivity contribution >= 4 is 0 Å². The van der Waals surface area contributed by atoms with Gasteiger partial charge < -0.3 is 14.6 Å². The highest BCUT2D eigenvalue weighted by atomic mass is 16.5. The SMILES string of the molecule is Cc1cc(C)cc(OCCN2CC(CO)OC(C)(C)C2)c1. The van der Waals surface area contributed by atoms with Gasteiger partial charge >= 0.3 is 0 Å². The van der Waals surface area contributed by atoms with E-state index in [9.17, 15) is 5.11 Å². The van der Waals surface area contributed by atoms with Gasteiger partial charge in [0.1, 0.15) is 12.4 Å². The van der Waals surface area contributed by atoms with E-state index in [-0.39, 0.29) is 18.3 Å². The van der Waals surface area contributed by atoms with Crippen molar-refractivity contribution in [3.63, 3.8) is 0 Å². The Morgan fingerprint density at radius 2 is 1.95 bits per heavy atom. The highest BCUT2D eigenvalue weighted by Crippen LogP contribution is 2.21. The molecule has 1 aliphatic rings. The summed E-state index contributed by atoms with van der Waals surface area (Å²) in [6.45, 7) is 11.5. The van der Waals surface area contributed by atoms with Crippen molar-refractivity contribution in [1.29, 1.82) is 0 Å². The van der Waals surface area contributed by atoms with Crippen molar-refractivity contribution in [2.45, 2.75) is 39.4 Å². The van der Waals surface area contributed by atoms with Gasteiger partial charge in [-0.25, -0.2) is 0 Å².